The van der Waals surface area contributed by atoms with Gasteiger partial charge in [-0.3, -0.25) is 9.59 Å². The van der Waals surface area contributed by atoms with E-state index in [2.05, 4.69) is 10.6 Å². The number of hydrogen-bond acceptors (Lipinski definition) is 3. The number of nitrogens with one attached hydrogen (secondary N) is 2. The molecule has 1 aromatic rings. The van der Waals surface area contributed by atoms with Crippen LogP contribution in [0.2, 0.25) is 0 Å². The van der Waals surface area contributed by atoms with Crippen LogP contribution < -0.4 is 16.4 Å². The summed E-state index contributed by atoms with van der Waals surface area (Å²) in [5.41, 5.74) is 7.96. The maximum atomic E-state index is 12.7. The monoisotopic (exact) mass is 391 g/mol. The average Bonchev–Trinajstić information content (AvgIpc) is 3.43. The van der Waals surface area contributed by atoms with E-state index in [9.17, 15) is 9.59 Å². The number of fused-ring (bicyclic) bond motifs is 2. The molecule has 0 spiro atoms. The molecule has 6 heteroatoms. The minimum absolute atomic E-state index is 0. The molecule has 2 amide bonds. The van der Waals surface area contributed by atoms with Gasteiger partial charge >= 0.3 is 0 Å². The number of hydrogen-bond donors (Lipinski definition) is 3. The van der Waals surface area contributed by atoms with Gasteiger partial charge in [-0.25, -0.2) is 0 Å². The summed E-state index contributed by atoms with van der Waals surface area (Å²) in [5, 5.41) is 6.08. The molecule has 2 atom stereocenters. The summed E-state index contributed by atoms with van der Waals surface area (Å²) in [6.07, 6.45) is 7.59. The average molecular weight is 392 g/mol. The molecule has 148 valence electrons. The molecular weight excluding hydrogens is 362 g/mol. The van der Waals surface area contributed by atoms with Crippen LogP contribution in [0, 0.1) is 17.8 Å². The van der Waals surface area contributed by atoms with Gasteiger partial charge in [-0.05, 0) is 68.1 Å². The van der Waals surface area contributed by atoms with Crippen LogP contribution in [0.1, 0.15) is 60.9 Å². The first-order valence-corrected chi connectivity index (χ1v) is 10.0. The van der Waals surface area contributed by atoms with Crippen LogP contribution in [-0.2, 0) is 11.3 Å². The van der Waals surface area contributed by atoms with Crippen LogP contribution in [-0.4, -0.2) is 23.9 Å². The van der Waals surface area contributed by atoms with Gasteiger partial charge in [-0.1, -0.05) is 18.6 Å². The van der Waals surface area contributed by atoms with Crippen molar-refractivity contribution < 1.29 is 9.59 Å². The van der Waals surface area contributed by atoms with E-state index in [1.807, 2.05) is 24.3 Å². The highest BCUT2D eigenvalue weighted by molar-refractivity contribution is 5.94. The Bertz CT molecular complexity index is 678. The second-order valence-electron chi connectivity index (χ2n) is 8.36. The van der Waals surface area contributed by atoms with Crippen molar-refractivity contribution in [2.24, 2.45) is 23.5 Å². The first-order chi connectivity index (χ1) is 12.6. The Hall–Kier alpha value is -1.59. The number of carbonyl (C=O) groups is 2. The third-order valence-electron chi connectivity index (χ3n) is 6.35. The van der Waals surface area contributed by atoms with E-state index < -0.39 is 0 Å². The Morgan fingerprint density at radius 3 is 2.44 bits per heavy atom. The van der Waals surface area contributed by atoms with Crippen molar-refractivity contribution in [3.63, 3.8) is 0 Å². The summed E-state index contributed by atoms with van der Waals surface area (Å²) >= 11 is 0. The third-order valence-corrected chi connectivity index (χ3v) is 6.35. The van der Waals surface area contributed by atoms with Gasteiger partial charge in [0.25, 0.3) is 5.91 Å². The van der Waals surface area contributed by atoms with Gasteiger partial charge in [-0.15, -0.1) is 12.4 Å². The molecule has 2 unspecified atom stereocenters. The Morgan fingerprint density at radius 1 is 1.07 bits per heavy atom. The molecule has 0 saturated heterocycles. The molecule has 2 bridgehead atoms. The van der Waals surface area contributed by atoms with Crippen molar-refractivity contribution in [3.8, 4) is 0 Å². The molecule has 4 rings (SSSR count). The number of amides is 2. The Morgan fingerprint density at radius 2 is 1.78 bits per heavy atom. The zero-order valence-electron chi connectivity index (χ0n) is 15.7. The summed E-state index contributed by atoms with van der Waals surface area (Å²) < 4.78 is 0. The van der Waals surface area contributed by atoms with Gasteiger partial charge < -0.3 is 16.4 Å². The summed E-state index contributed by atoms with van der Waals surface area (Å²) in [5.74, 6) is 1.23. The van der Waals surface area contributed by atoms with Gasteiger partial charge in [-0.2, -0.15) is 0 Å². The molecule has 1 aromatic carbocycles. The number of nitrogens with two attached hydrogens (primary N) is 1. The second kappa shape index (κ2) is 8.61. The molecule has 27 heavy (non-hydrogen) atoms. The lowest BCUT2D eigenvalue weighted by Gasteiger charge is -2.43. The minimum atomic E-state index is -0.0187. The topological polar surface area (TPSA) is 84.2 Å². The van der Waals surface area contributed by atoms with E-state index in [1.165, 1.54) is 19.3 Å². The van der Waals surface area contributed by atoms with Gasteiger partial charge in [0.05, 0.1) is 0 Å². The Balaban J connectivity index is 0.00000210. The molecule has 3 fully saturated rings. The van der Waals surface area contributed by atoms with Gasteiger partial charge in [0, 0.05) is 30.1 Å². The SMILES string of the molecule is Cl.NC1C2CCCC1CC(C(=O)NCc1cccc(C(=O)NC3CC3)c1)C2. The lowest BCUT2D eigenvalue weighted by Crippen LogP contribution is -2.49. The first kappa shape index (κ1) is 20.2. The van der Waals surface area contributed by atoms with Crippen LogP contribution in [0.3, 0.4) is 0 Å². The Kier molecular flexibility index (Phi) is 6.43. The molecule has 0 heterocycles. The van der Waals surface area contributed by atoms with E-state index in [1.54, 1.807) is 0 Å². The molecule has 0 radical (unpaired) electrons. The van der Waals surface area contributed by atoms with E-state index >= 15 is 0 Å². The van der Waals surface area contributed by atoms with Gasteiger partial charge in [0.15, 0.2) is 0 Å². The largest absolute Gasteiger partial charge is 0.352 e. The van der Waals surface area contributed by atoms with E-state index in [4.69, 9.17) is 5.73 Å². The van der Waals surface area contributed by atoms with Gasteiger partial charge in [0.1, 0.15) is 0 Å². The van der Waals surface area contributed by atoms with E-state index in [-0.39, 0.29) is 36.2 Å². The van der Waals surface area contributed by atoms with Crippen LogP contribution >= 0.6 is 12.4 Å². The molecule has 3 aliphatic rings. The zero-order valence-corrected chi connectivity index (χ0v) is 16.5. The molecule has 0 aliphatic heterocycles. The fourth-order valence-corrected chi connectivity index (χ4v) is 4.66. The normalized spacial score (nSPS) is 29.4. The van der Waals surface area contributed by atoms with Crippen LogP contribution in [0.15, 0.2) is 24.3 Å². The Labute approximate surface area is 167 Å². The highest BCUT2D eigenvalue weighted by Crippen LogP contribution is 2.41. The number of carbonyl (C=O) groups excluding carboxylic acids is 2. The van der Waals surface area contributed by atoms with Crippen LogP contribution in [0.25, 0.3) is 0 Å². The fourth-order valence-electron chi connectivity index (χ4n) is 4.66. The predicted molar refractivity (Wildman–Crippen MR) is 108 cm³/mol. The quantitative estimate of drug-likeness (QED) is 0.721. The number of benzene rings is 1. The molecule has 0 aromatic heterocycles. The predicted octanol–water partition coefficient (Wildman–Crippen LogP) is 2.77. The van der Waals surface area contributed by atoms with Crippen molar-refractivity contribution >= 4 is 24.2 Å². The van der Waals surface area contributed by atoms with E-state index in [0.717, 1.165) is 31.2 Å². The molecule has 4 N–H and O–H groups in total. The molecule has 5 nitrogen and oxygen atoms in total. The van der Waals surface area contributed by atoms with Crippen molar-refractivity contribution in [2.75, 3.05) is 0 Å². The summed E-state index contributed by atoms with van der Waals surface area (Å²) in [6, 6.07) is 8.18. The minimum Gasteiger partial charge on any atom is -0.352 e. The molecule has 3 aliphatic carbocycles. The fraction of sp³-hybridized carbons (Fsp3) is 0.619. The van der Waals surface area contributed by atoms with Crippen LogP contribution in [0.4, 0.5) is 0 Å². The second-order valence-corrected chi connectivity index (χ2v) is 8.36. The number of halogens is 1. The maximum Gasteiger partial charge on any atom is 0.251 e. The lowest BCUT2D eigenvalue weighted by atomic mass is 9.65. The standard InChI is InChI=1S/C21H29N3O2.ClH/c22-19-14-4-2-5-15(19)11-17(10-14)20(25)23-12-13-3-1-6-16(9-13)21(26)24-18-7-8-18;/h1,3,6,9,14-15,17-19H,2,4-5,7-8,10-12,22H2,(H,23,25)(H,24,26);1H. The smallest absolute Gasteiger partial charge is 0.251 e. The van der Waals surface area contributed by atoms with Crippen molar-refractivity contribution in [1.29, 1.82) is 0 Å². The maximum absolute atomic E-state index is 12.7. The lowest BCUT2D eigenvalue weighted by molar-refractivity contribution is -0.128. The van der Waals surface area contributed by atoms with Gasteiger partial charge in [0.2, 0.25) is 5.91 Å². The zero-order chi connectivity index (χ0) is 18.1. The van der Waals surface area contributed by atoms with E-state index in [0.29, 0.717) is 30.0 Å². The first-order valence-electron chi connectivity index (χ1n) is 10.0. The van der Waals surface area contributed by atoms with Crippen LogP contribution in [0.5, 0.6) is 0 Å². The van der Waals surface area contributed by atoms with Crippen molar-refractivity contribution in [1.82, 2.24) is 10.6 Å². The van der Waals surface area contributed by atoms with Crippen molar-refractivity contribution in [2.45, 2.75) is 63.6 Å². The summed E-state index contributed by atoms with van der Waals surface area (Å²) in [7, 11) is 0. The molecule has 3 saturated carbocycles. The highest BCUT2D eigenvalue weighted by atomic mass is 35.5. The summed E-state index contributed by atoms with van der Waals surface area (Å²) in [4.78, 5) is 24.8. The highest BCUT2D eigenvalue weighted by Gasteiger charge is 2.40. The molecular formula is C21H30ClN3O2. The summed E-state index contributed by atoms with van der Waals surface area (Å²) in [6.45, 7) is 0.473. The van der Waals surface area contributed by atoms with Crippen molar-refractivity contribution in [3.05, 3.63) is 35.4 Å². The number of rotatable bonds is 5. The third kappa shape index (κ3) is 4.82.